The number of amides is 1. The van der Waals surface area contributed by atoms with Crippen molar-refractivity contribution in [2.45, 2.75) is 12.5 Å². The van der Waals surface area contributed by atoms with E-state index in [-0.39, 0.29) is 5.91 Å². The average Bonchev–Trinajstić information content (AvgIpc) is 3.09. The molecular weight excluding hydrogens is 252 g/mol. The molecule has 0 bridgehead atoms. The molecular formula is C12H12N2O3S. The number of aliphatic hydroxyl groups is 1. The number of rotatable bonds is 2. The molecule has 6 heteroatoms. The quantitative estimate of drug-likeness (QED) is 0.895. The number of likely N-dealkylation sites (tertiary alicyclic amines) is 1. The lowest BCUT2D eigenvalue weighted by Gasteiger charge is -2.12. The van der Waals surface area contributed by atoms with E-state index in [1.54, 1.807) is 11.0 Å². The number of hydrogen-bond donors (Lipinski definition) is 1. The fraction of sp³-hybridized carbons (Fsp3) is 0.333. The maximum Gasteiger partial charge on any atom is 0.276 e. The smallest absolute Gasteiger partial charge is 0.276 e. The first-order valence-electron chi connectivity index (χ1n) is 5.72. The molecule has 5 nitrogen and oxygen atoms in total. The number of aromatic nitrogens is 1. The summed E-state index contributed by atoms with van der Waals surface area (Å²) in [5.41, 5.74) is 0.299. The van der Waals surface area contributed by atoms with Crippen molar-refractivity contribution in [3.8, 4) is 10.6 Å². The summed E-state index contributed by atoms with van der Waals surface area (Å²) >= 11 is 1.54. The zero-order valence-electron chi connectivity index (χ0n) is 9.57. The molecule has 1 fully saturated rings. The van der Waals surface area contributed by atoms with E-state index in [9.17, 15) is 9.90 Å². The van der Waals surface area contributed by atoms with Gasteiger partial charge in [0.05, 0.1) is 11.0 Å². The Bertz CT molecular complexity index is 549. The summed E-state index contributed by atoms with van der Waals surface area (Å²) in [5, 5.41) is 15.2. The number of carbonyl (C=O) groups excluding carboxylic acids is 1. The van der Waals surface area contributed by atoms with Crippen LogP contribution in [0.5, 0.6) is 0 Å². The second kappa shape index (κ2) is 4.55. The zero-order valence-corrected chi connectivity index (χ0v) is 10.4. The molecule has 1 saturated heterocycles. The van der Waals surface area contributed by atoms with Gasteiger partial charge in [0.2, 0.25) is 0 Å². The van der Waals surface area contributed by atoms with Crippen LogP contribution in [-0.2, 0) is 0 Å². The van der Waals surface area contributed by atoms with Gasteiger partial charge >= 0.3 is 0 Å². The van der Waals surface area contributed by atoms with Crippen molar-refractivity contribution in [1.82, 2.24) is 10.1 Å². The standard InChI is InChI=1S/C12H12N2O3S/c15-8-3-4-14(7-8)12(16)9-6-10(17-13-9)11-2-1-5-18-11/h1-2,5-6,8,15H,3-4,7H2. The van der Waals surface area contributed by atoms with Crippen LogP contribution in [0.15, 0.2) is 28.1 Å². The third-order valence-electron chi connectivity index (χ3n) is 2.94. The summed E-state index contributed by atoms with van der Waals surface area (Å²) in [4.78, 5) is 14.6. The minimum atomic E-state index is -0.419. The molecule has 0 radical (unpaired) electrons. The second-order valence-electron chi connectivity index (χ2n) is 4.25. The lowest BCUT2D eigenvalue weighted by molar-refractivity contribution is 0.0755. The number of nitrogens with zero attached hydrogens (tertiary/aromatic N) is 2. The predicted octanol–water partition coefficient (Wildman–Crippen LogP) is 1.61. The minimum absolute atomic E-state index is 0.182. The summed E-state index contributed by atoms with van der Waals surface area (Å²) in [6.45, 7) is 0.946. The number of thiophene rings is 1. The number of aliphatic hydroxyl groups excluding tert-OH is 1. The lowest BCUT2D eigenvalue weighted by Crippen LogP contribution is -2.29. The molecule has 0 aromatic carbocycles. The molecule has 0 spiro atoms. The fourth-order valence-corrected chi connectivity index (χ4v) is 2.67. The molecule has 1 atom stereocenters. The summed E-state index contributed by atoms with van der Waals surface area (Å²) in [6, 6.07) is 5.48. The molecule has 0 aliphatic carbocycles. The highest BCUT2D eigenvalue weighted by molar-refractivity contribution is 7.13. The molecule has 1 unspecified atom stereocenters. The van der Waals surface area contributed by atoms with Crippen LogP contribution in [-0.4, -0.2) is 40.3 Å². The van der Waals surface area contributed by atoms with Gasteiger partial charge in [-0.15, -0.1) is 11.3 Å². The van der Waals surface area contributed by atoms with Gasteiger partial charge in [-0.1, -0.05) is 11.2 Å². The zero-order chi connectivity index (χ0) is 12.5. The Labute approximate surface area is 108 Å². The average molecular weight is 264 g/mol. The summed E-state index contributed by atoms with van der Waals surface area (Å²) in [7, 11) is 0. The molecule has 2 aromatic heterocycles. The van der Waals surface area contributed by atoms with Crippen molar-refractivity contribution in [2.75, 3.05) is 13.1 Å². The van der Waals surface area contributed by atoms with Gasteiger partial charge in [0.1, 0.15) is 0 Å². The van der Waals surface area contributed by atoms with Crippen molar-refractivity contribution in [2.24, 2.45) is 0 Å². The summed E-state index contributed by atoms with van der Waals surface area (Å²) in [6.07, 6.45) is 0.207. The molecule has 0 saturated carbocycles. The van der Waals surface area contributed by atoms with Crippen LogP contribution in [0.25, 0.3) is 10.6 Å². The molecule has 3 rings (SSSR count). The first-order valence-corrected chi connectivity index (χ1v) is 6.60. The van der Waals surface area contributed by atoms with Gasteiger partial charge in [-0.25, -0.2) is 0 Å². The van der Waals surface area contributed by atoms with E-state index in [1.165, 1.54) is 11.3 Å². The van der Waals surface area contributed by atoms with Crippen LogP contribution in [0.3, 0.4) is 0 Å². The van der Waals surface area contributed by atoms with Crippen LogP contribution in [0, 0.1) is 0 Å². The highest BCUT2D eigenvalue weighted by Crippen LogP contribution is 2.25. The lowest BCUT2D eigenvalue weighted by atomic mass is 10.3. The van der Waals surface area contributed by atoms with E-state index in [0.29, 0.717) is 31.0 Å². The van der Waals surface area contributed by atoms with Crippen LogP contribution in [0.4, 0.5) is 0 Å². The second-order valence-corrected chi connectivity index (χ2v) is 5.20. The van der Waals surface area contributed by atoms with Crippen molar-refractivity contribution >= 4 is 17.2 Å². The molecule has 94 valence electrons. The topological polar surface area (TPSA) is 66.6 Å². The van der Waals surface area contributed by atoms with Crippen molar-refractivity contribution in [1.29, 1.82) is 0 Å². The predicted molar refractivity (Wildman–Crippen MR) is 66.3 cm³/mol. The normalized spacial score (nSPS) is 19.4. The van der Waals surface area contributed by atoms with E-state index in [1.807, 2.05) is 17.5 Å². The first kappa shape index (κ1) is 11.4. The maximum absolute atomic E-state index is 12.1. The Balaban J connectivity index is 1.79. The molecule has 18 heavy (non-hydrogen) atoms. The minimum Gasteiger partial charge on any atom is -0.391 e. The van der Waals surface area contributed by atoms with Gasteiger partial charge in [0.25, 0.3) is 5.91 Å². The van der Waals surface area contributed by atoms with Gasteiger partial charge in [-0.05, 0) is 17.9 Å². The molecule has 3 heterocycles. The van der Waals surface area contributed by atoms with Crippen LogP contribution in [0.2, 0.25) is 0 Å². The van der Waals surface area contributed by atoms with Crippen LogP contribution < -0.4 is 0 Å². The first-order chi connectivity index (χ1) is 8.74. The highest BCUT2D eigenvalue weighted by atomic mass is 32.1. The summed E-state index contributed by atoms with van der Waals surface area (Å²) < 4.78 is 5.17. The third-order valence-corrected chi connectivity index (χ3v) is 3.83. The molecule has 1 aliphatic heterocycles. The highest BCUT2D eigenvalue weighted by Gasteiger charge is 2.27. The fourth-order valence-electron chi connectivity index (χ4n) is 2.00. The SMILES string of the molecule is O=C(c1cc(-c2cccs2)on1)N1CCC(O)C1. The van der Waals surface area contributed by atoms with E-state index < -0.39 is 6.10 Å². The molecule has 1 aliphatic rings. The van der Waals surface area contributed by atoms with Gasteiger partial charge in [0.15, 0.2) is 11.5 Å². The van der Waals surface area contributed by atoms with Gasteiger partial charge in [-0.2, -0.15) is 0 Å². The van der Waals surface area contributed by atoms with Crippen molar-refractivity contribution in [3.63, 3.8) is 0 Å². The van der Waals surface area contributed by atoms with E-state index in [4.69, 9.17) is 4.52 Å². The Kier molecular flexibility index (Phi) is 2.89. The van der Waals surface area contributed by atoms with Crippen LogP contribution >= 0.6 is 11.3 Å². The largest absolute Gasteiger partial charge is 0.391 e. The maximum atomic E-state index is 12.1. The van der Waals surface area contributed by atoms with Crippen molar-refractivity contribution < 1.29 is 14.4 Å². The van der Waals surface area contributed by atoms with Crippen molar-refractivity contribution in [3.05, 3.63) is 29.3 Å². The molecule has 1 N–H and O–H groups in total. The Morgan fingerprint density at radius 1 is 1.61 bits per heavy atom. The van der Waals surface area contributed by atoms with Crippen LogP contribution in [0.1, 0.15) is 16.9 Å². The molecule has 1 amide bonds. The third kappa shape index (κ3) is 2.04. The molecule has 2 aromatic rings. The number of β-amino-alcohol motifs (C(OH)–C–C–N with tert-alkyl or cyclic N) is 1. The van der Waals surface area contributed by atoms with Gasteiger partial charge in [0, 0.05) is 19.2 Å². The van der Waals surface area contributed by atoms with Gasteiger partial charge < -0.3 is 14.5 Å². The van der Waals surface area contributed by atoms with E-state index >= 15 is 0 Å². The number of hydrogen-bond acceptors (Lipinski definition) is 5. The van der Waals surface area contributed by atoms with E-state index in [0.717, 1.165) is 4.88 Å². The van der Waals surface area contributed by atoms with E-state index in [2.05, 4.69) is 5.16 Å². The van der Waals surface area contributed by atoms with Gasteiger partial charge in [-0.3, -0.25) is 4.79 Å². The Hall–Kier alpha value is -1.66. The monoisotopic (exact) mass is 264 g/mol. The number of carbonyl (C=O) groups is 1. The Morgan fingerprint density at radius 2 is 2.50 bits per heavy atom. The summed E-state index contributed by atoms with van der Waals surface area (Å²) in [5.74, 6) is 0.422. The Morgan fingerprint density at radius 3 is 3.17 bits per heavy atom.